The average Bonchev–Trinajstić information content (AvgIpc) is 0.900. The van der Waals surface area contributed by atoms with Crippen LogP contribution < -0.4 is 37.6 Å². The number of nitrogens with zero attached hydrogens (tertiary/aromatic N) is 9. The van der Waals surface area contributed by atoms with Gasteiger partial charge in [-0.2, -0.15) is 9.13 Å². The Morgan fingerprint density at radius 2 is 0.702 bits per heavy atom. The van der Waals surface area contributed by atoms with Gasteiger partial charge in [0.25, 0.3) is 0 Å². The smallest absolute Gasteiger partial charge is 0.227 e. The summed E-state index contributed by atoms with van der Waals surface area (Å²) in [5, 5.41) is 0. The van der Waals surface area contributed by atoms with E-state index in [4.69, 9.17) is 0 Å². The SMILES string of the molecule is CC.CC[n+]1ccc(C)cc1.CC[n+]1cccc(C)c1.C[NH3+].Cc1cc[n+](C)cc1.Cc1ccc(-[n+]2ccccc2)cc1.Cc1ccc(C(=O)C[N+](C)(C)C)cc1.Cc1ccc(C(=O)C[n+]2ccccc2)cc1.Cc1ccc(C[N+](C)(C)C)cc1.Cc1ccc([N+](C)(C)C)cc1.Cc1ccc[n+](C)c1. The van der Waals surface area contributed by atoms with Crippen LogP contribution in [0.15, 0.2) is 281 Å². The molecule has 0 saturated heterocycles. The number of rotatable bonds is 12. The molecule has 0 aliphatic carbocycles. The van der Waals surface area contributed by atoms with Crippen LogP contribution in [0.4, 0.5) is 5.69 Å². The number of hydrogen-bond donors (Lipinski definition) is 1. The Labute approximate surface area is 630 Å². The van der Waals surface area contributed by atoms with Crippen LogP contribution in [0.1, 0.15) is 104 Å². The van der Waals surface area contributed by atoms with Crippen molar-refractivity contribution in [1.29, 1.82) is 0 Å². The summed E-state index contributed by atoms with van der Waals surface area (Å²) in [5.41, 5.74) is 20.3. The van der Waals surface area contributed by atoms with Crippen molar-refractivity contribution < 1.29 is 51.7 Å². The van der Waals surface area contributed by atoms with Gasteiger partial charge in [0.05, 0.1) is 70.5 Å². The summed E-state index contributed by atoms with van der Waals surface area (Å²) >= 11 is 0. The molecule has 0 saturated carbocycles. The lowest BCUT2D eigenvalue weighted by molar-refractivity contribution is -0.884. The van der Waals surface area contributed by atoms with E-state index in [0.29, 0.717) is 17.6 Å². The van der Waals surface area contributed by atoms with E-state index in [1.54, 1.807) is 7.05 Å². The van der Waals surface area contributed by atoms with E-state index in [2.05, 4.69) is 270 Å². The summed E-state index contributed by atoms with van der Waals surface area (Å²) in [7, 11) is 25.0. The van der Waals surface area contributed by atoms with Crippen molar-refractivity contribution in [1.82, 2.24) is 4.48 Å². The predicted octanol–water partition coefficient (Wildman–Crippen LogP) is 14.8. The molecule has 11 aromatic rings. The number of benzene rings is 5. The van der Waals surface area contributed by atoms with Crippen LogP contribution in [0.25, 0.3) is 5.69 Å². The molecule has 12 nitrogen and oxygen atoms in total. The summed E-state index contributed by atoms with van der Waals surface area (Å²) in [4.78, 5) is 23.7. The van der Waals surface area contributed by atoms with E-state index < -0.39 is 0 Å². The van der Waals surface area contributed by atoms with Crippen LogP contribution in [0.2, 0.25) is 0 Å². The fourth-order valence-electron chi connectivity index (χ4n) is 9.22. The van der Waals surface area contributed by atoms with Gasteiger partial charge in [-0.25, -0.2) is 18.3 Å². The summed E-state index contributed by atoms with van der Waals surface area (Å²) in [6, 6.07) is 69.8. The number of quaternary nitrogens is 4. The first-order valence-corrected chi connectivity index (χ1v) is 36.4. The first-order valence-electron chi connectivity index (χ1n) is 36.4. The summed E-state index contributed by atoms with van der Waals surface area (Å²) < 4.78 is 14.9. The number of carbonyl (C=O) groups is 2. The molecule has 104 heavy (non-hydrogen) atoms. The van der Waals surface area contributed by atoms with Gasteiger partial charge in [0.1, 0.15) is 46.0 Å². The van der Waals surface area contributed by atoms with Crippen molar-refractivity contribution in [2.75, 3.05) is 77.0 Å². The molecular formula is C92H134N10O2+10. The molecule has 0 aliphatic rings. The number of aromatic nitrogens is 6. The monoisotopic (exact) mass is 1410 g/mol. The van der Waals surface area contributed by atoms with Gasteiger partial charge in [0.2, 0.25) is 23.8 Å². The lowest BCUT2D eigenvalue weighted by atomic mass is 10.1. The number of ketones is 2. The number of likely N-dealkylation sites (N-methyl/N-ethyl adjacent to an activating group) is 1. The number of carbonyl (C=O) groups excluding carboxylic acids is 2. The van der Waals surface area contributed by atoms with Crippen molar-refractivity contribution >= 4 is 17.3 Å². The maximum absolute atomic E-state index is 11.9. The third kappa shape index (κ3) is 43.9. The molecule has 6 heterocycles. The molecule has 6 aromatic heterocycles. The normalized spacial score (nSPS) is 10.1. The third-order valence-electron chi connectivity index (χ3n) is 15.1. The molecule has 0 aliphatic heterocycles. The lowest BCUT2D eigenvalue weighted by Gasteiger charge is -2.23. The van der Waals surface area contributed by atoms with E-state index in [0.717, 1.165) is 39.7 Å². The quantitative estimate of drug-likeness (QED) is 0.0751. The first-order chi connectivity index (χ1) is 49.2. The minimum absolute atomic E-state index is 0.135. The van der Waals surface area contributed by atoms with Crippen LogP contribution in [0, 0.1) is 62.3 Å². The molecule has 11 rings (SSSR count). The molecule has 3 N–H and O–H groups in total. The molecular weight excluding hydrogens is 1280 g/mol. The molecule has 0 radical (unpaired) electrons. The number of hydrogen-bond acceptors (Lipinski definition) is 2. The molecule has 5 aromatic carbocycles. The maximum Gasteiger partial charge on any atom is 0.227 e. The fraction of sp³-hybridized carbons (Fsp3) is 0.326. The zero-order valence-electron chi connectivity index (χ0n) is 68.6. The second-order valence-corrected chi connectivity index (χ2v) is 28.5. The van der Waals surface area contributed by atoms with Crippen molar-refractivity contribution in [3.63, 3.8) is 0 Å². The van der Waals surface area contributed by atoms with E-state index in [9.17, 15) is 9.59 Å². The van der Waals surface area contributed by atoms with Crippen molar-refractivity contribution in [2.24, 2.45) is 14.1 Å². The standard InChI is InChI=1S/C14H14NO.C12H18NO.C12H12N.C11H18N.C10H16N.2C8H12N.2C7H10N.C2H6.CH5N/c1-12-5-7-13(8-6-12)14(16)11-15-9-3-2-4-10-15;1-10-5-7-11(8-6-10)12(14)9-13(2,3)4;1-11-5-7-12(8-6-11)13-9-3-2-4-10-13;1-10-5-7-11(8-6-10)9-12(2,3)4;1-9-5-7-10(8-6-9)11(2,3)4;1-3-9-6-4-8(2)5-7-9;1-3-9-6-4-5-8(2)7-9;1-7-3-5-8(2)6-4-7;1-7-4-3-5-8(2)6-7;2*1-2/h2-10H,11H2,1H3;5-8H,9H2,1-4H3;2-10H,1H3;5-8H,9H2,1-4H3;5-8H,1-4H3;2*4-7H,3H2,1-2H3;2*3-6H,1-2H3;1-2H3;2H2,1H3/q9*+1;;/p+1. The maximum atomic E-state index is 11.9. The van der Waals surface area contributed by atoms with Crippen LogP contribution in [-0.4, -0.2) is 97.6 Å². The number of Topliss-reactive ketones (excluding diaryl/α,β-unsaturated/α-hetero) is 2. The zero-order valence-corrected chi connectivity index (χ0v) is 68.6. The second kappa shape index (κ2) is 50.5. The van der Waals surface area contributed by atoms with Gasteiger partial charge >= 0.3 is 0 Å². The predicted molar refractivity (Wildman–Crippen MR) is 436 cm³/mol. The Hall–Kier alpha value is -9.82. The van der Waals surface area contributed by atoms with E-state index in [1.807, 2.05) is 211 Å². The molecule has 0 bridgehead atoms. The highest BCUT2D eigenvalue weighted by Crippen LogP contribution is 2.17. The minimum Gasteiger partial charge on any atom is -0.360 e. The van der Waals surface area contributed by atoms with Gasteiger partial charge in [-0.1, -0.05) is 151 Å². The second-order valence-electron chi connectivity index (χ2n) is 28.5. The molecule has 0 unspecified atom stereocenters. The molecule has 0 amide bonds. The summed E-state index contributed by atoms with van der Waals surface area (Å²) in [6.45, 7) is 31.2. The van der Waals surface area contributed by atoms with Gasteiger partial charge in [0.15, 0.2) is 74.4 Å². The Morgan fingerprint density at radius 1 is 0.337 bits per heavy atom. The van der Waals surface area contributed by atoms with Crippen LogP contribution in [0.3, 0.4) is 0 Å². The number of aryl methyl sites for hydroxylation is 13. The van der Waals surface area contributed by atoms with Crippen molar-refractivity contribution in [2.45, 2.75) is 116 Å². The zero-order chi connectivity index (χ0) is 78.3. The van der Waals surface area contributed by atoms with Gasteiger partial charge in [0, 0.05) is 101 Å². The highest BCUT2D eigenvalue weighted by Gasteiger charge is 2.16. The Balaban J connectivity index is 0.000000586. The number of pyridine rings is 6. The minimum atomic E-state index is 0.135. The Kier molecular flexibility index (Phi) is 44.8. The van der Waals surface area contributed by atoms with Crippen LogP contribution in [-0.2, 0) is 40.3 Å². The van der Waals surface area contributed by atoms with E-state index >= 15 is 0 Å². The highest BCUT2D eigenvalue weighted by molar-refractivity contribution is 5.97. The van der Waals surface area contributed by atoms with Gasteiger partial charge < -0.3 is 14.7 Å². The molecule has 0 atom stereocenters. The molecule has 0 spiro atoms. The fourth-order valence-corrected chi connectivity index (χ4v) is 9.22. The first kappa shape index (κ1) is 92.2. The molecule has 554 valence electrons. The van der Waals surface area contributed by atoms with Crippen molar-refractivity contribution in [3.8, 4) is 5.69 Å². The van der Waals surface area contributed by atoms with Crippen LogP contribution >= 0.6 is 0 Å². The average molecular weight is 1410 g/mol. The Morgan fingerprint density at radius 3 is 1.07 bits per heavy atom. The lowest BCUT2D eigenvalue weighted by Crippen LogP contribution is -2.40. The molecule has 12 heteroatoms. The summed E-state index contributed by atoms with van der Waals surface area (Å²) in [6.07, 6.45) is 24.5. The van der Waals surface area contributed by atoms with Crippen molar-refractivity contribution in [3.05, 3.63) is 347 Å². The van der Waals surface area contributed by atoms with E-state index in [-0.39, 0.29) is 11.6 Å². The largest absolute Gasteiger partial charge is 0.360 e. The van der Waals surface area contributed by atoms with Crippen LogP contribution in [0.5, 0.6) is 0 Å². The highest BCUT2D eigenvalue weighted by atomic mass is 16.1. The topological polar surface area (TPSA) is 85.1 Å². The van der Waals surface area contributed by atoms with Gasteiger partial charge in [-0.05, 0) is 112 Å². The summed E-state index contributed by atoms with van der Waals surface area (Å²) in [5.74, 6) is 0.341. The molecule has 0 fully saturated rings. The Bertz CT molecular complexity index is 3990. The van der Waals surface area contributed by atoms with Gasteiger partial charge in [-0.3, -0.25) is 14.1 Å². The third-order valence-corrected chi connectivity index (χ3v) is 15.1. The van der Waals surface area contributed by atoms with E-state index in [1.165, 1.54) is 67.0 Å². The van der Waals surface area contributed by atoms with Gasteiger partial charge in [-0.15, -0.1) is 0 Å².